The number of benzene rings is 1. The summed E-state index contributed by atoms with van der Waals surface area (Å²) >= 11 is 0. The van der Waals surface area contributed by atoms with Gasteiger partial charge in [-0.25, -0.2) is 0 Å². The predicted octanol–water partition coefficient (Wildman–Crippen LogP) is 2.74. The lowest BCUT2D eigenvalue weighted by Crippen LogP contribution is -2.28. The molecule has 0 heterocycles. The van der Waals surface area contributed by atoms with Crippen LogP contribution in [0.3, 0.4) is 0 Å². The van der Waals surface area contributed by atoms with Crippen LogP contribution in [0.4, 0.5) is 0 Å². The molecule has 1 aromatic carbocycles. The molecule has 1 atom stereocenters. The molecule has 0 aliphatic carbocycles. The predicted molar refractivity (Wildman–Crippen MR) is 62.4 cm³/mol. The molecule has 0 fully saturated rings. The van der Waals surface area contributed by atoms with E-state index in [9.17, 15) is 4.79 Å². The topological polar surface area (TPSA) is 29.1 Å². The number of nitrogens with one attached hydrogen (secondary N) is 1. The first kappa shape index (κ1) is 11.8. The molecule has 0 saturated heterocycles. The average molecular weight is 205 g/mol. The van der Waals surface area contributed by atoms with Gasteiger partial charge in [0.1, 0.15) is 0 Å². The highest BCUT2D eigenvalue weighted by Gasteiger charge is 2.10. The van der Waals surface area contributed by atoms with E-state index in [0.717, 1.165) is 18.4 Å². The van der Waals surface area contributed by atoms with Gasteiger partial charge >= 0.3 is 0 Å². The molecule has 2 nitrogen and oxygen atoms in total. The first-order valence-corrected chi connectivity index (χ1v) is 5.55. The quantitative estimate of drug-likeness (QED) is 0.786. The first-order valence-electron chi connectivity index (χ1n) is 5.55. The lowest BCUT2D eigenvalue weighted by molar-refractivity contribution is -0.124. The molecule has 0 aliphatic heterocycles. The van der Waals surface area contributed by atoms with Gasteiger partial charge in [0.2, 0.25) is 5.91 Å². The number of carbonyl (C=O) groups is 1. The highest BCUT2D eigenvalue weighted by molar-refractivity contribution is 5.78. The van der Waals surface area contributed by atoms with E-state index in [-0.39, 0.29) is 11.8 Å². The maximum Gasteiger partial charge on any atom is 0.223 e. The summed E-state index contributed by atoms with van der Waals surface area (Å²) in [6.45, 7) is 4.71. The van der Waals surface area contributed by atoms with Crippen LogP contribution in [0.25, 0.3) is 0 Å². The van der Waals surface area contributed by atoms with Gasteiger partial charge in [-0.1, -0.05) is 50.6 Å². The van der Waals surface area contributed by atoms with Gasteiger partial charge in [-0.15, -0.1) is 0 Å². The highest BCUT2D eigenvalue weighted by Crippen LogP contribution is 2.05. The van der Waals surface area contributed by atoms with Gasteiger partial charge in [0.25, 0.3) is 0 Å². The van der Waals surface area contributed by atoms with E-state index in [2.05, 4.69) is 12.2 Å². The van der Waals surface area contributed by atoms with Crippen molar-refractivity contribution in [2.75, 3.05) is 0 Å². The van der Waals surface area contributed by atoms with Gasteiger partial charge in [0.05, 0.1) is 0 Å². The fraction of sp³-hybridized carbons (Fsp3) is 0.462. The third-order valence-corrected chi connectivity index (χ3v) is 2.48. The van der Waals surface area contributed by atoms with Gasteiger partial charge < -0.3 is 5.32 Å². The Balaban J connectivity index is 2.34. The van der Waals surface area contributed by atoms with Crippen molar-refractivity contribution < 1.29 is 4.79 Å². The summed E-state index contributed by atoms with van der Waals surface area (Å²) < 4.78 is 0. The molecule has 82 valence electrons. The van der Waals surface area contributed by atoms with Gasteiger partial charge in [0, 0.05) is 12.5 Å². The van der Waals surface area contributed by atoms with Crippen molar-refractivity contribution in [2.45, 2.75) is 33.2 Å². The number of amides is 1. The molecule has 0 aromatic heterocycles. The minimum absolute atomic E-state index is 0.124. The molecule has 0 unspecified atom stereocenters. The molecule has 0 bridgehead atoms. The van der Waals surface area contributed by atoms with Crippen LogP contribution < -0.4 is 5.32 Å². The molecule has 0 spiro atoms. The summed E-state index contributed by atoms with van der Waals surface area (Å²) in [4.78, 5) is 11.6. The molecular weight excluding hydrogens is 186 g/mol. The van der Waals surface area contributed by atoms with E-state index in [0.29, 0.717) is 6.54 Å². The second-order valence-electron chi connectivity index (χ2n) is 3.89. The highest BCUT2D eigenvalue weighted by atomic mass is 16.1. The zero-order chi connectivity index (χ0) is 11.1. The van der Waals surface area contributed by atoms with E-state index in [1.165, 1.54) is 0 Å². The first-order chi connectivity index (χ1) is 7.24. The maximum atomic E-state index is 11.6. The van der Waals surface area contributed by atoms with Crippen LogP contribution in [0.5, 0.6) is 0 Å². The van der Waals surface area contributed by atoms with Crippen LogP contribution >= 0.6 is 0 Å². The largest absolute Gasteiger partial charge is 0.352 e. The molecule has 15 heavy (non-hydrogen) atoms. The smallest absolute Gasteiger partial charge is 0.223 e. The Morgan fingerprint density at radius 2 is 2.00 bits per heavy atom. The molecule has 1 amide bonds. The summed E-state index contributed by atoms with van der Waals surface area (Å²) in [6.07, 6.45) is 2.01. The maximum absolute atomic E-state index is 11.6. The fourth-order valence-corrected chi connectivity index (χ4v) is 1.52. The van der Waals surface area contributed by atoms with Crippen LogP contribution in [-0.2, 0) is 11.3 Å². The van der Waals surface area contributed by atoms with Crippen LogP contribution in [0.2, 0.25) is 0 Å². The van der Waals surface area contributed by atoms with Crippen molar-refractivity contribution in [3.8, 4) is 0 Å². The average Bonchev–Trinajstić information content (AvgIpc) is 2.27. The van der Waals surface area contributed by atoms with Crippen molar-refractivity contribution >= 4 is 5.91 Å². The van der Waals surface area contributed by atoms with Crippen molar-refractivity contribution in [1.29, 1.82) is 0 Å². The molecule has 0 saturated carbocycles. The van der Waals surface area contributed by atoms with Crippen molar-refractivity contribution in [3.63, 3.8) is 0 Å². The van der Waals surface area contributed by atoms with E-state index < -0.39 is 0 Å². The van der Waals surface area contributed by atoms with Crippen LogP contribution in [0.1, 0.15) is 32.3 Å². The summed E-state index contributed by atoms with van der Waals surface area (Å²) in [5.74, 6) is 0.277. The Morgan fingerprint density at radius 1 is 1.33 bits per heavy atom. The van der Waals surface area contributed by atoms with Crippen molar-refractivity contribution in [3.05, 3.63) is 35.9 Å². The molecule has 0 aliphatic rings. The Morgan fingerprint density at radius 3 is 2.60 bits per heavy atom. The van der Waals surface area contributed by atoms with Crippen LogP contribution in [-0.4, -0.2) is 5.91 Å². The minimum Gasteiger partial charge on any atom is -0.352 e. The lowest BCUT2D eigenvalue weighted by Gasteiger charge is -2.10. The fourth-order valence-electron chi connectivity index (χ4n) is 1.52. The van der Waals surface area contributed by atoms with Crippen LogP contribution in [0.15, 0.2) is 30.3 Å². The van der Waals surface area contributed by atoms with Gasteiger partial charge in [-0.05, 0) is 12.0 Å². The second-order valence-corrected chi connectivity index (χ2v) is 3.89. The standard InChI is InChI=1S/C13H19NO/c1-3-7-11(2)13(15)14-10-12-8-5-4-6-9-12/h4-6,8-9,11H,3,7,10H2,1-2H3,(H,14,15)/t11-/m1/s1. The Bertz CT molecular complexity index is 295. The Kier molecular flexibility index (Phi) is 4.88. The van der Waals surface area contributed by atoms with Gasteiger partial charge in [-0.3, -0.25) is 4.79 Å². The molecular formula is C13H19NO. The number of hydrogen-bond acceptors (Lipinski definition) is 1. The summed E-state index contributed by atoms with van der Waals surface area (Å²) in [5, 5.41) is 2.94. The Labute approximate surface area is 91.7 Å². The van der Waals surface area contributed by atoms with E-state index in [1.54, 1.807) is 0 Å². The summed E-state index contributed by atoms with van der Waals surface area (Å²) in [7, 11) is 0. The van der Waals surface area contributed by atoms with E-state index in [1.807, 2.05) is 37.3 Å². The normalized spacial score (nSPS) is 12.1. The minimum atomic E-state index is 0.124. The van der Waals surface area contributed by atoms with Crippen LogP contribution in [0, 0.1) is 5.92 Å². The number of hydrogen-bond donors (Lipinski definition) is 1. The van der Waals surface area contributed by atoms with Gasteiger partial charge in [-0.2, -0.15) is 0 Å². The summed E-state index contributed by atoms with van der Waals surface area (Å²) in [5.41, 5.74) is 1.15. The van der Waals surface area contributed by atoms with E-state index >= 15 is 0 Å². The molecule has 1 N–H and O–H groups in total. The second kappa shape index (κ2) is 6.23. The molecule has 1 aromatic rings. The molecule has 1 rings (SSSR count). The third-order valence-electron chi connectivity index (χ3n) is 2.48. The number of rotatable bonds is 5. The number of carbonyl (C=O) groups excluding carboxylic acids is 1. The lowest BCUT2D eigenvalue weighted by atomic mass is 10.1. The van der Waals surface area contributed by atoms with E-state index in [4.69, 9.17) is 0 Å². The SMILES string of the molecule is CCC[C@@H](C)C(=O)NCc1ccccc1. The van der Waals surface area contributed by atoms with Crippen molar-refractivity contribution in [2.24, 2.45) is 5.92 Å². The summed E-state index contributed by atoms with van der Waals surface area (Å²) in [6, 6.07) is 9.98. The zero-order valence-corrected chi connectivity index (χ0v) is 9.49. The molecule has 2 heteroatoms. The zero-order valence-electron chi connectivity index (χ0n) is 9.49. The Hall–Kier alpha value is -1.31. The van der Waals surface area contributed by atoms with Gasteiger partial charge in [0.15, 0.2) is 0 Å². The monoisotopic (exact) mass is 205 g/mol. The van der Waals surface area contributed by atoms with Crippen molar-refractivity contribution in [1.82, 2.24) is 5.32 Å². The third kappa shape index (κ3) is 4.15. The molecule has 0 radical (unpaired) electrons.